The number of fused-ring (bicyclic) bond motifs is 2. The van der Waals surface area contributed by atoms with Crippen LogP contribution in [0, 0.1) is 17.8 Å². The van der Waals surface area contributed by atoms with E-state index in [-0.39, 0.29) is 23.3 Å². The number of carbonyl (C=O) groups excluding carboxylic acids is 1. The van der Waals surface area contributed by atoms with E-state index in [4.69, 9.17) is 15.2 Å². The molecule has 4 atom stereocenters. The summed E-state index contributed by atoms with van der Waals surface area (Å²) in [6.07, 6.45) is 5.33. The van der Waals surface area contributed by atoms with Gasteiger partial charge in [-0.25, -0.2) is 0 Å². The van der Waals surface area contributed by atoms with Crippen LogP contribution < -0.4 is 15.8 Å². The fourth-order valence-electron chi connectivity index (χ4n) is 5.37. The van der Waals surface area contributed by atoms with E-state index in [1.54, 1.807) is 7.11 Å². The SMILES string of the molecule is COc1ccc(C2(CNC(=O)C3C4CCC(C4)C3N)CCOCC2)cc1. The molecule has 1 heterocycles. The highest BCUT2D eigenvalue weighted by molar-refractivity contribution is 5.80. The summed E-state index contributed by atoms with van der Waals surface area (Å²) in [6.45, 7) is 2.12. The minimum Gasteiger partial charge on any atom is -0.497 e. The van der Waals surface area contributed by atoms with Crippen LogP contribution >= 0.6 is 0 Å². The molecule has 2 saturated carbocycles. The third kappa shape index (κ3) is 3.12. The highest BCUT2D eigenvalue weighted by Crippen LogP contribution is 2.47. The molecule has 1 saturated heterocycles. The summed E-state index contributed by atoms with van der Waals surface area (Å²) in [5, 5.41) is 3.27. The van der Waals surface area contributed by atoms with Crippen molar-refractivity contribution in [3.8, 4) is 5.75 Å². The van der Waals surface area contributed by atoms with Crippen molar-refractivity contribution in [2.24, 2.45) is 23.5 Å². The second-order valence-electron chi connectivity index (χ2n) is 8.28. The zero-order chi connectivity index (χ0) is 18.1. The highest BCUT2D eigenvalue weighted by atomic mass is 16.5. The van der Waals surface area contributed by atoms with Crippen molar-refractivity contribution in [3.05, 3.63) is 29.8 Å². The standard InChI is InChI=1S/C21H30N2O3/c1-25-17-6-4-16(5-7-17)21(8-10-26-11-9-21)13-23-20(24)18-14-2-3-15(12-14)19(18)22/h4-7,14-15,18-19H,2-3,8-13,22H2,1H3,(H,23,24). The van der Waals surface area contributed by atoms with Crippen molar-refractivity contribution in [2.75, 3.05) is 26.9 Å². The third-order valence-corrected chi connectivity index (χ3v) is 7.04. The predicted molar refractivity (Wildman–Crippen MR) is 100 cm³/mol. The first-order chi connectivity index (χ1) is 12.6. The second-order valence-corrected chi connectivity index (χ2v) is 8.28. The van der Waals surface area contributed by atoms with Crippen molar-refractivity contribution >= 4 is 5.91 Å². The van der Waals surface area contributed by atoms with E-state index in [1.807, 2.05) is 12.1 Å². The van der Waals surface area contributed by atoms with Crippen LogP contribution in [0.15, 0.2) is 24.3 Å². The van der Waals surface area contributed by atoms with Gasteiger partial charge in [-0.2, -0.15) is 0 Å². The van der Waals surface area contributed by atoms with Crippen molar-refractivity contribution in [1.29, 1.82) is 0 Å². The van der Waals surface area contributed by atoms with E-state index in [0.717, 1.165) is 44.6 Å². The molecule has 1 aliphatic heterocycles. The smallest absolute Gasteiger partial charge is 0.224 e. The topological polar surface area (TPSA) is 73.6 Å². The van der Waals surface area contributed by atoms with Crippen molar-refractivity contribution in [2.45, 2.75) is 43.6 Å². The molecule has 142 valence electrons. The Hall–Kier alpha value is -1.59. The maximum Gasteiger partial charge on any atom is 0.224 e. The number of nitrogens with two attached hydrogens (primary N) is 1. The van der Waals surface area contributed by atoms with Crippen LogP contribution in [0.4, 0.5) is 0 Å². The number of hydrogen-bond acceptors (Lipinski definition) is 4. The average molecular weight is 358 g/mol. The van der Waals surface area contributed by atoms with E-state index >= 15 is 0 Å². The van der Waals surface area contributed by atoms with Gasteiger partial charge >= 0.3 is 0 Å². The fraction of sp³-hybridized carbons (Fsp3) is 0.667. The Morgan fingerprint density at radius 1 is 1.23 bits per heavy atom. The third-order valence-electron chi connectivity index (χ3n) is 7.04. The van der Waals surface area contributed by atoms with Gasteiger partial charge in [0, 0.05) is 31.2 Å². The maximum atomic E-state index is 12.9. The largest absolute Gasteiger partial charge is 0.497 e. The average Bonchev–Trinajstić information content (AvgIpc) is 3.28. The Bertz CT molecular complexity index is 637. The number of nitrogens with one attached hydrogen (secondary N) is 1. The number of methoxy groups -OCH3 is 1. The van der Waals surface area contributed by atoms with Gasteiger partial charge in [-0.15, -0.1) is 0 Å². The first kappa shape index (κ1) is 17.8. The molecule has 1 amide bonds. The lowest BCUT2D eigenvalue weighted by molar-refractivity contribution is -0.127. The van der Waals surface area contributed by atoms with Gasteiger partial charge < -0.3 is 20.5 Å². The van der Waals surface area contributed by atoms with E-state index in [2.05, 4.69) is 17.4 Å². The fourth-order valence-corrected chi connectivity index (χ4v) is 5.37. The molecule has 26 heavy (non-hydrogen) atoms. The summed E-state index contributed by atoms with van der Waals surface area (Å²) in [4.78, 5) is 12.9. The van der Waals surface area contributed by atoms with E-state index in [9.17, 15) is 4.79 Å². The molecule has 0 aromatic heterocycles. The number of hydrogen-bond donors (Lipinski definition) is 2. The summed E-state index contributed by atoms with van der Waals surface area (Å²) >= 11 is 0. The lowest BCUT2D eigenvalue weighted by atomic mass is 9.74. The normalized spacial score (nSPS) is 32.4. The van der Waals surface area contributed by atoms with Gasteiger partial charge in [-0.1, -0.05) is 12.1 Å². The van der Waals surface area contributed by atoms with Crippen LogP contribution in [-0.2, 0) is 14.9 Å². The number of ether oxygens (including phenoxy) is 2. The molecular formula is C21H30N2O3. The van der Waals surface area contributed by atoms with Crippen LogP contribution in [0.25, 0.3) is 0 Å². The van der Waals surface area contributed by atoms with Gasteiger partial charge in [0.15, 0.2) is 0 Å². The first-order valence-corrected chi connectivity index (χ1v) is 9.88. The second kappa shape index (κ2) is 7.20. The molecule has 4 rings (SSSR count). The molecular weight excluding hydrogens is 328 g/mol. The van der Waals surface area contributed by atoms with Gasteiger partial charge in [-0.3, -0.25) is 4.79 Å². The number of benzene rings is 1. The molecule has 0 radical (unpaired) electrons. The Kier molecular flexibility index (Phi) is 4.93. The van der Waals surface area contributed by atoms with E-state index in [1.165, 1.54) is 12.0 Å². The zero-order valence-electron chi connectivity index (χ0n) is 15.6. The zero-order valence-corrected chi connectivity index (χ0v) is 15.6. The quantitative estimate of drug-likeness (QED) is 0.847. The maximum absolute atomic E-state index is 12.9. The molecule has 2 bridgehead atoms. The molecule has 3 N–H and O–H groups in total. The van der Waals surface area contributed by atoms with Crippen LogP contribution in [-0.4, -0.2) is 38.8 Å². The van der Waals surface area contributed by atoms with Gasteiger partial charge in [0.2, 0.25) is 5.91 Å². The first-order valence-electron chi connectivity index (χ1n) is 9.88. The summed E-state index contributed by atoms with van der Waals surface area (Å²) in [5.41, 5.74) is 7.54. The molecule has 1 aromatic rings. The summed E-state index contributed by atoms with van der Waals surface area (Å²) in [5.74, 6) is 2.05. The summed E-state index contributed by atoms with van der Waals surface area (Å²) in [7, 11) is 1.68. The van der Waals surface area contributed by atoms with E-state index < -0.39 is 0 Å². The molecule has 4 unspecified atom stereocenters. The minimum atomic E-state index is -0.0676. The lowest BCUT2D eigenvalue weighted by Crippen LogP contribution is -2.50. The Balaban J connectivity index is 1.47. The van der Waals surface area contributed by atoms with Gasteiger partial charge in [-0.05, 0) is 61.6 Å². The van der Waals surface area contributed by atoms with Crippen molar-refractivity contribution in [3.63, 3.8) is 0 Å². The molecule has 3 fully saturated rings. The van der Waals surface area contributed by atoms with E-state index in [0.29, 0.717) is 18.4 Å². The summed E-state index contributed by atoms with van der Waals surface area (Å²) in [6, 6.07) is 8.29. The molecule has 5 nitrogen and oxygen atoms in total. The van der Waals surface area contributed by atoms with Gasteiger partial charge in [0.05, 0.1) is 13.0 Å². The number of amides is 1. The molecule has 2 aliphatic carbocycles. The van der Waals surface area contributed by atoms with Crippen LogP contribution in [0.1, 0.15) is 37.7 Å². The highest BCUT2D eigenvalue weighted by Gasteiger charge is 2.49. The molecule has 5 heteroatoms. The molecule has 3 aliphatic rings. The van der Waals surface area contributed by atoms with Gasteiger partial charge in [0.1, 0.15) is 5.75 Å². The Morgan fingerprint density at radius 3 is 2.54 bits per heavy atom. The predicted octanol–water partition coefficient (Wildman–Crippen LogP) is 2.23. The molecule has 0 spiro atoms. The number of carbonyl (C=O) groups is 1. The lowest BCUT2D eigenvalue weighted by Gasteiger charge is -2.38. The number of rotatable bonds is 5. The Labute approximate surface area is 155 Å². The Morgan fingerprint density at radius 2 is 1.92 bits per heavy atom. The van der Waals surface area contributed by atoms with Crippen LogP contribution in [0.2, 0.25) is 0 Å². The minimum absolute atomic E-state index is 0.00140. The molecule has 1 aromatic carbocycles. The monoisotopic (exact) mass is 358 g/mol. The van der Waals surface area contributed by atoms with Crippen LogP contribution in [0.5, 0.6) is 5.75 Å². The summed E-state index contributed by atoms with van der Waals surface area (Å²) < 4.78 is 10.9. The van der Waals surface area contributed by atoms with Crippen molar-refractivity contribution in [1.82, 2.24) is 5.32 Å². The van der Waals surface area contributed by atoms with Gasteiger partial charge in [0.25, 0.3) is 0 Å². The van der Waals surface area contributed by atoms with Crippen molar-refractivity contribution < 1.29 is 14.3 Å². The van der Waals surface area contributed by atoms with Crippen LogP contribution in [0.3, 0.4) is 0 Å².